The molecule has 0 heterocycles. The molecule has 0 aromatic carbocycles. The largest absolute Gasteiger partial charge is 0.394 e. The first kappa shape index (κ1) is 17.6. The minimum absolute atomic E-state index is 0. The minimum atomic E-state index is -4.67. The fourth-order valence-electron chi connectivity index (χ4n) is 0. The Balaban J connectivity index is -0.000000107. The standard InChI is InChI=1S/Mg.2H2O4S.2H/c;2*1-5(2,3)4;;/h;2*(H2,1,2,3,4);;. The molecule has 0 aliphatic rings. The molecule has 0 radical (unpaired) electrons. The van der Waals surface area contributed by atoms with Gasteiger partial charge in [-0.1, -0.05) is 0 Å². The lowest BCUT2D eigenvalue weighted by Crippen LogP contribution is -1.89. The van der Waals surface area contributed by atoms with Gasteiger partial charge in [0.15, 0.2) is 0 Å². The van der Waals surface area contributed by atoms with Gasteiger partial charge in [0.2, 0.25) is 0 Å². The molecule has 0 aliphatic carbocycles. The molecule has 0 aromatic rings. The molecule has 0 fully saturated rings. The second-order valence-electron chi connectivity index (χ2n) is 0.896. The second kappa shape index (κ2) is 6.07. The van der Waals surface area contributed by atoms with E-state index in [-0.39, 0.29) is 23.1 Å². The molecule has 68 valence electrons. The molecule has 0 aromatic heterocycles. The Morgan fingerprint density at radius 2 is 0.636 bits per heavy atom. The van der Waals surface area contributed by atoms with E-state index in [1.165, 1.54) is 0 Å². The molecule has 0 amide bonds. The SMILES string of the molecule is O=S(=O)(O)O.O=S(=O)(O)O.[MgH2]. The van der Waals surface area contributed by atoms with E-state index in [0.29, 0.717) is 0 Å². The van der Waals surface area contributed by atoms with Gasteiger partial charge in [0, 0.05) is 0 Å². The molecule has 0 unspecified atom stereocenters. The van der Waals surface area contributed by atoms with Crippen molar-refractivity contribution in [3.05, 3.63) is 0 Å². The molecular formula is H6MgO8S2. The lowest BCUT2D eigenvalue weighted by Gasteiger charge is -1.68. The van der Waals surface area contributed by atoms with Crippen LogP contribution < -0.4 is 0 Å². The average Bonchev–Trinajstić information content (AvgIpc) is 1.12. The van der Waals surface area contributed by atoms with E-state index in [9.17, 15) is 0 Å². The van der Waals surface area contributed by atoms with Crippen molar-refractivity contribution >= 4 is 43.9 Å². The Hall–Kier alpha value is 0.506. The average molecular weight is 222 g/mol. The van der Waals surface area contributed by atoms with E-state index in [0.717, 1.165) is 0 Å². The lowest BCUT2D eigenvalue weighted by atomic mass is 15.8. The van der Waals surface area contributed by atoms with E-state index >= 15 is 0 Å². The molecule has 11 heteroatoms. The maximum Gasteiger partial charge on any atom is 0.394 e. The zero-order valence-corrected chi connectivity index (χ0v) is 5.87. The summed E-state index contributed by atoms with van der Waals surface area (Å²) in [6.45, 7) is 0. The van der Waals surface area contributed by atoms with Gasteiger partial charge < -0.3 is 0 Å². The Morgan fingerprint density at radius 1 is 0.636 bits per heavy atom. The van der Waals surface area contributed by atoms with Gasteiger partial charge in [-0.05, 0) is 0 Å². The molecule has 8 nitrogen and oxygen atoms in total. The summed E-state index contributed by atoms with van der Waals surface area (Å²) in [5.41, 5.74) is 0. The van der Waals surface area contributed by atoms with Gasteiger partial charge in [0.25, 0.3) is 0 Å². The lowest BCUT2D eigenvalue weighted by molar-refractivity contribution is 0.378. The second-order valence-corrected chi connectivity index (χ2v) is 2.69. The van der Waals surface area contributed by atoms with E-state index in [1.54, 1.807) is 0 Å². The highest BCUT2D eigenvalue weighted by Gasteiger charge is 1.85. The van der Waals surface area contributed by atoms with Crippen molar-refractivity contribution in [1.82, 2.24) is 0 Å². The van der Waals surface area contributed by atoms with Gasteiger partial charge in [-0.15, -0.1) is 0 Å². The van der Waals surface area contributed by atoms with Crippen LogP contribution in [0.4, 0.5) is 0 Å². The highest BCUT2D eigenvalue weighted by atomic mass is 32.3. The van der Waals surface area contributed by atoms with Crippen molar-refractivity contribution < 1.29 is 35.0 Å². The Morgan fingerprint density at radius 3 is 0.636 bits per heavy atom. The highest BCUT2D eigenvalue weighted by Crippen LogP contribution is 1.59. The number of rotatable bonds is 0. The van der Waals surface area contributed by atoms with E-state index in [2.05, 4.69) is 0 Å². The van der Waals surface area contributed by atoms with Crippen LogP contribution in [-0.4, -0.2) is 58.1 Å². The summed E-state index contributed by atoms with van der Waals surface area (Å²) in [5.74, 6) is 0. The first-order valence-electron chi connectivity index (χ1n) is 1.40. The molecule has 0 atom stereocenters. The molecule has 0 spiro atoms. The monoisotopic (exact) mass is 222 g/mol. The minimum Gasteiger partial charge on any atom is -0.264 e. The Kier molecular flexibility index (Phi) is 9.69. The normalized spacial score (nSPS) is 10.5. The van der Waals surface area contributed by atoms with Crippen LogP contribution in [0.15, 0.2) is 0 Å². The van der Waals surface area contributed by atoms with Gasteiger partial charge in [0.05, 0.1) is 0 Å². The van der Waals surface area contributed by atoms with Gasteiger partial charge in [-0.25, -0.2) is 0 Å². The maximum atomic E-state index is 8.74. The summed E-state index contributed by atoms with van der Waals surface area (Å²) in [5, 5.41) is 0. The third-order valence-electron chi connectivity index (χ3n) is 0. The van der Waals surface area contributed by atoms with E-state index in [1.807, 2.05) is 0 Å². The highest BCUT2D eigenvalue weighted by molar-refractivity contribution is 7.80. The summed E-state index contributed by atoms with van der Waals surface area (Å²) >= 11 is 0. The summed E-state index contributed by atoms with van der Waals surface area (Å²) in [4.78, 5) is 0. The van der Waals surface area contributed by atoms with Crippen molar-refractivity contribution in [1.29, 1.82) is 0 Å². The number of hydrogen-bond acceptors (Lipinski definition) is 4. The smallest absolute Gasteiger partial charge is 0.264 e. The molecule has 0 aliphatic heterocycles. The van der Waals surface area contributed by atoms with Crippen LogP contribution in [0.25, 0.3) is 0 Å². The van der Waals surface area contributed by atoms with Crippen molar-refractivity contribution in [3.8, 4) is 0 Å². The molecule has 4 N–H and O–H groups in total. The quantitative estimate of drug-likeness (QED) is 0.266. The van der Waals surface area contributed by atoms with Crippen LogP contribution in [0.3, 0.4) is 0 Å². The van der Waals surface area contributed by atoms with Gasteiger partial charge in [-0.3, -0.25) is 18.2 Å². The van der Waals surface area contributed by atoms with E-state index in [4.69, 9.17) is 35.0 Å². The molecule has 11 heavy (non-hydrogen) atoms. The van der Waals surface area contributed by atoms with Crippen LogP contribution in [-0.2, 0) is 20.8 Å². The zero-order chi connectivity index (χ0) is 9.00. The van der Waals surface area contributed by atoms with Gasteiger partial charge in [-0.2, -0.15) is 16.8 Å². The van der Waals surface area contributed by atoms with Crippen LogP contribution in [0, 0.1) is 0 Å². The fraction of sp³-hybridized carbons (Fsp3) is 0. The van der Waals surface area contributed by atoms with Crippen LogP contribution >= 0.6 is 0 Å². The van der Waals surface area contributed by atoms with Crippen LogP contribution in [0.2, 0.25) is 0 Å². The van der Waals surface area contributed by atoms with Crippen molar-refractivity contribution in [2.24, 2.45) is 0 Å². The van der Waals surface area contributed by atoms with Crippen molar-refractivity contribution in [2.45, 2.75) is 0 Å². The molecule has 0 rings (SSSR count). The Bertz CT molecular complexity index is 208. The summed E-state index contributed by atoms with van der Waals surface area (Å²) in [6, 6.07) is 0. The molecule has 0 bridgehead atoms. The van der Waals surface area contributed by atoms with Crippen molar-refractivity contribution in [3.63, 3.8) is 0 Å². The van der Waals surface area contributed by atoms with Crippen LogP contribution in [0.1, 0.15) is 0 Å². The molecule has 0 saturated carbocycles. The zero-order valence-electron chi connectivity index (χ0n) is 4.24. The maximum absolute atomic E-state index is 8.74. The molecule has 0 saturated heterocycles. The predicted molar refractivity (Wildman–Crippen MR) is 36.9 cm³/mol. The third-order valence-corrected chi connectivity index (χ3v) is 0. The van der Waals surface area contributed by atoms with Crippen molar-refractivity contribution in [2.75, 3.05) is 0 Å². The van der Waals surface area contributed by atoms with Gasteiger partial charge >= 0.3 is 43.9 Å². The Labute approximate surface area is 78.9 Å². The fourth-order valence-corrected chi connectivity index (χ4v) is 0. The topological polar surface area (TPSA) is 149 Å². The molecular weight excluding hydrogens is 216 g/mol. The summed E-state index contributed by atoms with van der Waals surface area (Å²) < 4.78 is 63.2. The number of hydrogen-bond donors (Lipinski definition) is 4. The van der Waals surface area contributed by atoms with Gasteiger partial charge in [0.1, 0.15) is 0 Å². The predicted octanol–water partition coefficient (Wildman–Crippen LogP) is -2.22. The first-order valence-corrected chi connectivity index (χ1v) is 4.19. The third kappa shape index (κ3) is 2970. The van der Waals surface area contributed by atoms with Crippen LogP contribution in [0.5, 0.6) is 0 Å². The van der Waals surface area contributed by atoms with E-state index < -0.39 is 20.8 Å². The summed E-state index contributed by atoms with van der Waals surface area (Å²) in [7, 11) is -9.33. The first-order chi connectivity index (χ1) is 4.00. The summed E-state index contributed by atoms with van der Waals surface area (Å²) in [6.07, 6.45) is 0.